The fourth-order valence-corrected chi connectivity index (χ4v) is 3.52. The SMILES string of the molecule is CNC(=O)c1ccccc1Nc1cc(Nc2ccc(-n3nc(C)nc3C)cc2)ncc1C(F)(F)F. The molecule has 0 aliphatic rings. The Morgan fingerprint density at radius 2 is 1.69 bits per heavy atom. The van der Waals surface area contributed by atoms with Crippen LogP contribution in [0.2, 0.25) is 0 Å². The van der Waals surface area contributed by atoms with Crippen molar-refractivity contribution in [2.75, 3.05) is 17.7 Å². The number of nitrogens with zero attached hydrogens (tertiary/aromatic N) is 4. The number of amides is 1. The van der Waals surface area contributed by atoms with Gasteiger partial charge in [0.2, 0.25) is 0 Å². The summed E-state index contributed by atoms with van der Waals surface area (Å²) in [4.78, 5) is 20.4. The van der Waals surface area contributed by atoms with E-state index in [9.17, 15) is 18.0 Å². The number of aryl methyl sites for hydroxylation is 2. The quantitative estimate of drug-likeness (QED) is 0.353. The summed E-state index contributed by atoms with van der Waals surface area (Å²) in [5.41, 5.74) is 0.661. The number of carbonyl (C=O) groups excluding carboxylic acids is 1. The molecule has 180 valence electrons. The molecular weight excluding hydrogens is 459 g/mol. The van der Waals surface area contributed by atoms with Crippen molar-refractivity contribution < 1.29 is 18.0 Å². The Morgan fingerprint density at radius 1 is 0.971 bits per heavy atom. The van der Waals surface area contributed by atoms with E-state index in [2.05, 4.69) is 31.0 Å². The van der Waals surface area contributed by atoms with Crippen LogP contribution < -0.4 is 16.0 Å². The molecule has 2 aromatic carbocycles. The van der Waals surface area contributed by atoms with Crippen molar-refractivity contribution in [3.63, 3.8) is 0 Å². The Labute approximate surface area is 199 Å². The molecule has 2 aromatic heterocycles. The van der Waals surface area contributed by atoms with Gasteiger partial charge in [-0.1, -0.05) is 12.1 Å². The van der Waals surface area contributed by atoms with Crippen LogP contribution in [0.4, 0.5) is 36.1 Å². The second-order valence-electron chi connectivity index (χ2n) is 7.65. The van der Waals surface area contributed by atoms with Crippen LogP contribution >= 0.6 is 0 Å². The van der Waals surface area contributed by atoms with E-state index in [1.165, 1.54) is 25.2 Å². The van der Waals surface area contributed by atoms with Gasteiger partial charge in [-0.3, -0.25) is 4.79 Å². The maximum absolute atomic E-state index is 13.7. The number of alkyl halides is 3. The van der Waals surface area contributed by atoms with E-state index in [0.717, 1.165) is 17.7 Å². The summed E-state index contributed by atoms with van der Waals surface area (Å²) in [5, 5.41) is 12.6. The predicted molar refractivity (Wildman–Crippen MR) is 126 cm³/mol. The van der Waals surface area contributed by atoms with Crippen molar-refractivity contribution in [1.29, 1.82) is 0 Å². The first kappa shape index (κ1) is 23.7. The van der Waals surface area contributed by atoms with Crippen LogP contribution in [0.5, 0.6) is 0 Å². The first-order chi connectivity index (χ1) is 16.7. The summed E-state index contributed by atoms with van der Waals surface area (Å²) >= 11 is 0. The summed E-state index contributed by atoms with van der Waals surface area (Å²) in [6.07, 6.45) is -3.89. The average Bonchev–Trinajstić information content (AvgIpc) is 3.16. The lowest BCUT2D eigenvalue weighted by Gasteiger charge is -2.17. The van der Waals surface area contributed by atoms with Crippen molar-refractivity contribution in [2.24, 2.45) is 0 Å². The number of para-hydroxylation sites is 1. The third-order valence-electron chi connectivity index (χ3n) is 5.14. The summed E-state index contributed by atoms with van der Waals surface area (Å²) in [6.45, 7) is 3.64. The largest absolute Gasteiger partial charge is 0.419 e. The number of halogens is 3. The molecule has 0 bridgehead atoms. The predicted octanol–water partition coefficient (Wildman–Crippen LogP) is 5.14. The molecule has 4 rings (SSSR count). The van der Waals surface area contributed by atoms with E-state index in [-0.39, 0.29) is 22.8 Å². The lowest BCUT2D eigenvalue weighted by molar-refractivity contribution is -0.137. The Morgan fingerprint density at radius 3 is 2.31 bits per heavy atom. The first-order valence-corrected chi connectivity index (χ1v) is 10.6. The van der Waals surface area contributed by atoms with Crippen LogP contribution in [-0.2, 0) is 6.18 Å². The molecule has 2 heterocycles. The van der Waals surface area contributed by atoms with Gasteiger partial charge in [-0.25, -0.2) is 14.6 Å². The van der Waals surface area contributed by atoms with E-state index < -0.39 is 17.6 Å². The molecule has 8 nitrogen and oxygen atoms in total. The zero-order valence-corrected chi connectivity index (χ0v) is 19.1. The highest BCUT2D eigenvalue weighted by molar-refractivity contribution is 6.00. The Hall–Kier alpha value is -4.41. The number of anilines is 4. The minimum atomic E-state index is -4.65. The molecule has 1 amide bonds. The zero-order chi connectivity index (χ0) is 25.2. The minimum Gasteiger partial charge on any atom is -0.355 e. The van der Waals surface area contributed by atoms with E-state index in [1.54, 1.807) is 35.9 Å². The molecule has 0 spiro atoms. The Bertz CT molecular complexity index is 1360. The average molecular weight is 481 g/mol. The Kier molecular flexibility index (Phi) is 6.41. The van der Waals surface area contributed by atoms with Crippen LogP contribution in [0.25, 0.3) is 5.69 Å². The van der Waals surface area contributed by atoms with E-state index >= 15 is 0 Å². The highest BCUT2D eigenvalue weighted by atomic mass is 19.4. The second kappa shape index (κ2) is 9.45. The van der Waals surface area contributed by atoms with Gasteiger partial charge in [-0.15, -0.1) is 0 Å². The molecule has 0 saturated carbocycles. The van der Waals surface area contributed by atoms with E-state index in [0.29, 0.717) is 11.5 Å². The van der Waals surface area contributed by atoms with E-state index in [4.69, 9.17) is 0 Å². The first-order valence-electron chi connectivity index (χ1n) is 10.6. The monoisotopic (exact) mass is 481 g/mol. The summed E-state index contributed by atoms with van der Waals surface area (Å²) in [7, 11) is 1.45. The number of hydrogen-bond acceptors (Lipinski definition) is 6. The smallest absolute Gasteiger partial charge is 0.355 e. The fourth-order valence-electron chi connectivity index (χ4n) is 3.52. The van der Waals surface area contributed by atoms with Gasteiger partial charge < -0.3 is 16.0 Å². The lowest BCUT2D eigenvalue weighted by Crippen LogP contribution is -2.19. The highest BCUT2D eigenvalue weighted by Gasteiger charge is 2.34. The molecule has 35 heavy (non-hydrogen) atoms. The van der Waals surface area contributed by atoms with Gasteiger partial charge in [-0.05, 0) is 50.2 Å². The van der Waals surface area contributed by atoms with Crippen molar-refractivity contribution >= 4 is 28.8 Å². The lowest BCUT2D eigenvalue weighted by atomic mass is 10.1. The number of hydrogen-bond donors (Lipinski definition) is 3. The van der Waals surface area contributed by atoms with Crippen LogP contribution in [-0.4, -0.2) is 32.7 Å². The highest BCUT2D eigenvalue weighted by Crippen LogP contribution is 2.37. The summed E-state index contributed by atoms with van der Waals surface area (Å²) in [6, 6.07) is 14.7. The normalized spacial score (nSPS) is 11.3. The molecule has 0 aliphatic heterocycles. The van der Waals surface area contributed by atoms with Crippen molar-refractivity contribution in [3.8, 4) is 5.69 Å². The van der Waals surface area contributed by atoms with Crippen LogP contribution in [0.1, 0.15) is 27.6 Å². The van der Waals surface area contributed by atoms with Crippen LogP contribution in [0.3, 0.4) is 0 Å². The van der Waals surface area contributed by atoms with Gasteiger partial charge >= 0.3 is 6.18 Å². The number of nitrogens with one attached hydrogen (secondary N) is 3. The van der Waals surface area contributed by atoms with E-state index in [1.807, 2.05) is 19.1 Å². The molecule has 4 aromatic rings. The van der Waals surface area contributed by atoms with Crippen molar-refractivity contribution in [3.05, 3.63) is 83.6 Å². The number of carbonyl (C=O) groups is 1. The second-order valence-corrected chi connectivity index (χ2v) is 7.65. The number of rotatable bonds is 6. The van der Waals surface area contributed by atoms with Gasteiger partial charge in [0.15, 0.2) is 0 Å². The summed E-state index contributed by atoms with van der Waals surface area (Å²) in [5.74, 6) is 1.16. The zero-order valence-electron chi connectivity index (χ0n) is 19.1. The summed E-state index contributed by atoms with van der Waals surface area (Å²) < 4.78 is 42.7. The third-order valence-corrected chi connectivity index (χ3v) is 5.14. The maximum atomic E-state index is 13.7. The number of benzene rings is 2. The standard InChI is InChI=1S/C24H22F3N7O/c1-14-30-15(2)34(33-14)17-10-8-16(9-11-17)31-22-12-21(19(13-29-22)24(25,26)27)32-20-7-5-4-6-18(20)23(35)28-3/h4-13H,1-3H3,(H,28,35)(H2,29,31,32). The molecular formula is C24H22F3N7O. The Balaban J connectivity index is 1.64. The minimum absolute atomic E-state index is 0.193. The number of aromatic nitrogens is 4. The molecule has 0 saturated heterocycles. The van der Waals surface area contributed by atoms with Crippen molar-refractivity contribution in [2.45, 2.75) is 20.0 Å². The topological polar surface area (TPSA) is 96.8 Å². The fraction of sp³-hybridized carbons (Fsp3) is 0.167. The van der Waals surface area contributed by atoms with Gasteiger partial charge in [0, 0.05) is 25.0 Å². The molecule has 3 N–H and O–H groups in total. The number of pyridine rings is 1. The molecule has 0 radical (unpaired) electrons. The molecule has 11 heteroatoms. The van der Waals surface area contributed by atoms with Gasteiger partial charge in [0.1, 0.15) is 17.5 Å². The molecule has 0 aliphatic carbocycles. The van der Waals surface area contributed by atoms with Gasteiger partial charge in [0.05, 0.1) is 28.2 Å². The maximum Gasteiger partial charge on any atom is 0.419 e. The van der Waals surface area contributed by atoms with Crippen LogP contribution in [0.15, 0.2) is 60.8 Å². The van der Waals surface area contributed by atoms with Gasteiger partial charge in [-0.2, -0.15) is 18.3 Å². The molecule has 0 fully saturated rings. The third kappa shape index (κ3) is 5.24. The molecule has 0 atom stereocenters. The molecule has 0 unspecified atom stereocenters. The van der Waals surface area contributed by atoms with Crippen molar-refractivity contribution in [1.82, 2.24) is 25.1 Å². The van der Waals surface area contributed by atoms with Crippen LogP contribution in [0, 0.1) is 13.8 Å². The van der Waals surface area contributed by atoms with Gasteiger partial charge in [0.25, 0.3) is 5.91 Å².